The molecule has 4 nitrogen and oxygen atoms in total. The van der Waals surface area contributed by atoms with Crippen LogP contribution in [0.15, 0.2) is 23.8 Å². The van der Waals surface area contributed by atoms with Crippen molar-refractivity contribution < 1.29 is 4.39 Å². The SMILES string of the molecule is CCCc1[nH]c2nc(CC)nc(NCC3=CC=CC3)c2c1F. The smallest absolute Gasteiger partial charge is 0.157 e. The number of anilines is 1. The molecule has 1 aliphatic carbocycles. The predicted octanol–water partition coefficient (Wildman–Crippen LogP) is 3.91. The first-order chi connectivity index (χ1) is 10.7. The molecule has 0 spiro atoms. The fraction of sp³-hybridized carbons (Fsp3) is 0.412. The highest BCUT2D eigenvalue weighted by Gasteiger charge is 2.18. The average molecular weight is 300 g/mol. The summed E-state index contributed by atoms with van der Waals surface area (Å²) in [7, 11) is 0. The van der Waals surface area contributed by atoms with Crippen molar-refractivity contribution >= 4 is 16.9 Å². The zero-order valence-corrected chi connectivity index (χ0v) is 13.0. The number of hydrogen-bond acceptors (Lipinski definition) is 3. The van der Waals surface area contributed by atoms with Crippen molar-refractivity contribution in [3.8, 4) is 0 Å². The Bertz CT molecular complexity index is 743. The third-order valence-corrected chi connectivity index (χ3v) is 3.86. The second kappa shape index (κ2) is 6.30. The molecule has 0 radical (unpaired) electrons. The summed E-state index contributed by atoms with van der Waals surface area (Å²) in [5, 5.41) is 3.76. The van der Waals surface area contributed by atoms with Crippen LogP contribution in [0.5, 0.6) is 0 Å². The number of aromatic amines is 1. The van der Waals surface area contributed by atoms with Crippen molar-refractivity contribution in [3.63, 3.8) is 0 Å². The zero-order chi connectivity index (χ0) is 15.5. The summed E-state index contributed by atoms with van der Waals surface area (Å²) in [5.41, 5.74) is 2.48. The first kappa shape index (κ1) is 14.8. The van der Waals surface area contributed by atoms with Crippen LogP contribution in [0.3, 0.4) is 0 Å². The Hall–Kier alpha value is -2.17. The summed E-state index contributed by atoms with van der Waals surface area (Å²) >= 11 is 0. The van der Waals surface area contributed by atoms with Gasteiger partial charge in [0.2, 0.25) is 0 Å². The monoisotopic (exact) mass is 300 g/mol. The number of aryl methyl sites for hydroxylation is 2. The average Bonchev–Trinajstić information content (AvgIpc) is 3.14. The van der Waals surface area contributed by atoms with E-state index < -0.39 is 0 Å². The Kier molecular flexibility index (Phi) is 4.22. The Morgan fingerprint density at radius 1 is 1.32 bits per heavy atom. The Morgan fingerprint density at radius 2 is 2.18 bits per heavy atom. The molecule has 5 heteroatoms. The van der Waals surface area contributed by atoms with Crippen molar-refractivity contribution in [1.29, 1.82) is 0 Å². The lowest BCUT2D eigenvalue weighted by Gasteiger charge is -2.09. The van der Waals surface area contributed by atoms with E-state index in [0.717, 1.165) is 25.1 Å². The van der Waals surface area contributed by atoms with E-state index in [1.807, 2.05) is 19.9 Å². The summed E-state index contributed by atoms with van der Waals surface area (Å²) in [4.78, 5) is 12.0. The van der Waals surface area contributed by atoms with Crippen LogP contribution in [-0.2, 0) is 12.8 Å². The van der Waals surface area contributed by atoms with Crippen LogP contribution in [0.2, 0.25) is 0 Å². The van der Waals surface area contributed by atoms with Gasteiger partial charge >= 0.3 is 0 Å². The van der Waals surface area contributed by atoms with Crippen molar-refractivity contribution in [3.05, 3.63) is 41.1 Å². The number of nitrogens with one attached hydrogen (secondary N) is 2. The maximum Gasteiger partial charge on any atom is 0.157 e. The number of hydrogen-bond donors (Lipinski definition) is 2. The topological polar surface area (TPSA) is 53.6 Å². The van der Waals surface area contributed by atoms with Crippen LogP contribution < -0.4 is 5.32 Å². The molecule has 0 atom stereocenters. The van der Waals surface area contributed by atoms with Gasteiger partial charge in [-0.15, -0.1) is 0 Å². The summed E-state index contributed by atoms with van der Waals surface area (Å²) in [6, 6.07) is 0. The molecule has 22 heavy (non-hydrogen) atoms. The Balaban J connectivity index is 1.98. The van der Waals surface area contributed by atoms with Crippen molar-refractivity contribution in [2.45, 2.75) is 39.5 Å². The Morgan fingerprint density at radius 3 is 2.86 bits per heavy atom. The molecule has 0 amide bonds. The van der Waals surface area contributed by atoms with Crippen molar-refractivity contribution in [2.75, 3.05) is 11.9 Å². The molecule has 0 saturated carbocycles. The molecule has 116 valence electrons. The van der Waals surface area contributed by atoms with E-state index in [4.69, 9.17) is 0 Å². The molecule has 1 aliphatic rings. The number of H-pyrrole nitrogens is 1. The predicted molar refractivity (Wildman–Crippen MR) is 87.5 cm³/mol. The van der Waals surface area contributed by atoms with Gasteiger partial charge in [-0.05, 0) is 18.4 Å². The number of rotatable bonds is 6. The second-order valence-electron chi connectivity index (χ2n) is 5.54. The standard InChI is InChI=1S/C17H21FN4/c1-3-7-12-15(18)14-16(19-10-11-8-5-6-9-11)21-13(4-2)22-17(14)20-12/h5-6,8H,3-4,7,9-10H2,1-2H3,(H2,19,20,21,22). The van der Waals surface area contributed by atoms with Gasteiger partial charge in [0.15, 0.2) is 5.82 Å². The van der Waals surface area contributed by atoms with E-state index in [-0.39, 0.29) is 5.82 Å². The molecule has 2 heterocycles. The lowest BCUT2D eigenvalue weighted by molar-refractivity contribution is 0.616. The lowest BCUT2D eigenvalue weighted by Crippen LogP contribution is -2.08. The van der Waals surface area contributed by atoms with Crippen LogP contribution in [0.25, 0.3) is 11.0 Å². The van der Waals surface area contributed by atoms with Gasteiger partial charge in [0.25, 0.3) is 0 Å². The summed E-state index contributed by atoms with van der Waals surface area (Å²) in [5.74, 6) is 1.09. The van der Waals surface area contributed by atoms with Crippen LogP contribution in [0.4, 0.5) is 10.2 Å². The van der Waals surface area contributed by atoms with E-state index in [0.29, 0.717) is 35.5 Å². The number of aromatic nitrogens is 3. The summed E-state index contributed by atoms with van der Waals surface area (Å²) in [6.07, 6.45) is 9.47. The van der Waals surface area contributed by atoms with E-state index in [1.54, 1.807) is 0 Å². The number of nitrogens with zero attached hydrogens (tertiary/aromatic N) is 2. The summed E-state index contributed by atoms with van der Waals surface area (Å²) in [6.45, 7) is 4.71. The molecule has 0 fully saturated rings. The van der Waals surface area contributed by atoms with Gasteiger partial charge in [0, 0.05) is 13.0 Å². The van der Waals surface area contributed by atoms with Gasteiger partial charge in [-0.2, -0.15) is 0 Å². The molecule has 2 aromatic heterocycles. The molecule has 0 saturated heterocycles. The molecule has 2 aromatic rings. The fourth-order valence-corrected chi connectivity index (χ4v) is 2.68. The van der Waals surface area contributed by atoms with Crippen LogP contribution >= 0.6 is 0 Å². The van der Waals surface area contributed by atoms with Crippen LogP contribution in [0, 0.1) is 5.82 Å². The first-order valence-electron chi connectivity index (χ1n) is 7.88. The number of allylic oxidation sites excluding steroid dienone is 3. The molecule has 0 aromatic carbocycles. The minimum Gasteiger partial charge on any atom is -0.366 e. The molecule has 0 aliphatic heterocycles. The van der Waals surface area contributed by atoms with Gasteiger partial charge in [-0.1, -0.05) is 38.5 Å². The van der Waals surface area contributed by atoms with E-state index in [2.05, 4.69) is 32.4 Å². The van der Waals surface area contributed by atoms with Gasteiger partial charge in [-0.25, -0.2) is 14.4 Å². The highest BCUT2D eigenvalue weighted by Crippen LogP contribution is 2.27. The molecule has 0 unspecified atom stereocenters. The van der Waals surface area contributed by atoms with Gasteiger partial charge in [-0.3, -0.25) is 0 Å². The molecular formula is C17H21FN4. The first-order valence-corrected chi connectivity index (χ1v) is 7.88. The maximum absolute atomic E-state index is 14.6. The van der Waals surface area contributed by atoms with E-state index in [9.17, 15) is 4.39 Å². The van der Waals surface area contributed by atoms with Crippen molar-refractivity contribution in [2.24, 2.45) is 0 Å². The highest BCUT2D eigenvalue weighted by atomic mass is 19.1. The number of fused-ring (bicyclic) bond motifs is 1. The van der Waals surface area contributed by atoms with Gasteiger partial charge in [0.1, 0.15) is 17.3 Å². The zero-order valence-electron chi connectivity index (χ0n) is 13.0. The molecule has 2 N–H and O–H groups in total. The molecule has 0 bridgehead atoms. The minimum absolute atomic E-state index is 0.222. The minimum atomic E-state index is -0.222. The summed E-state index contributed by atoms with van der Waals surface area (Å²) < 4.78 is 14.6. The van der Waals surface area contributed by atoms with Gasteiger partial charge < -0.3 is 10.3 Å². The molecule has 3 rings (SSSR count). The largest absolute Gasteiger partial charge is 0.366 e. The second-order valence-corrected chi connectivity index (χ2v) is 5.54. The van der Waals surface area contributed by atoms with Crippen LogP contribution in [0.1, 0.15) is 38.2 Å². The molecular weight excluding hydrogens is 279 g/mol. The third-order valence-electron chi connectivity index (χ3n) is 3.86. The fourth-order valence-electron chi connectivity index (χ4n) is 2.68. The lowest BCUT2D eigenvalue weighted by atomic mass is 10.2. The van der Waals surface area contributed by atoms with E-state index >= 15 is 0 Å². The van der Waals surface area contributed by atoms with Crippen molar-refractivity contribution in [1.82, 2.24) is 15.0 Å². The normalized spacial score (nSPS) is 13.9. The van der Waals surface area contributed by atoms with Gasteiger partial charge in [0.05, 0.1) is 11.1 Å². The van der Waals surface area contributed by atoms with Crippen LogP contribution in [-0.4, -0.2) is 21.5 Å². The third kappa shape index (κ3) is 2.75. The number of halogens is 1. The highest BCUT2D eigenvalue weighted by molar-refractivity contribution is 5.88. The quantitative estimate of drug-likeness (QED) is 0.850. The van der Waals surface area contributed by atoms with E-state index in [1.165, 1.54) is 5.57 Å². The maximum atomic E-state index is 14.6. The Labute approximate surface area is 129 Å².